The largest absolute Gasteiger partial charge is 0.378 e. The van der Waals surface area contributed by atoms with Crippen molar-refractivity contribution in [2.24, 2.45) is 0 Å². The molecule has 0 unspecified atom stereocenters. The van der Waals surface area contributed by atoms with Gasteiger partial charge in [0.2, 0.25) is 5.91 Å². The third kappa shape index (κ3) is 3.85. The number of unbranched alkanes of at least 4 members (excludes halogenated alkanes) is 2. The molecule has 0 N–H and O–H groups in total. The molecule has 1 aliphatic rings. The zero-order valence-corrected chi connectivity index (χ0v) is 16.4. The fourth-order valence-electron chi connectivity index (χ4n) is 3.88. The van der Waals surface area contributed by atoms with Gasteiger partial charge in [0, 0.05) is 38.7 Å². The lowest BCUT2D eigenvalue weighted by atomic mass is 10.1. The summed E-state index contributed by atoms with van der Waals surface area (Å²) < 4.78 is 7.60. The molecule has 7 heteroatoms. The Kier molecular flexibility index (Phi) is 5.81. The second-order valence-corrected chi connectivity index (χ2v) is 7.20. The molecule has 7 nitrogen and oxygen atoms in total. The van der Waals surface area contributed by atoms with E-state index in [4.69, 9.17) is 9.72 Å². The van der Waals surface area contributed by atoms with Crippen LogP contribution in [0.2, 0.25) is 0 Å². The highest BCUT2D eigenvalue weighted by Gasteiger charge is 2.16. The molecule has 0 saturated carbocycles. The van der Waals surface area contributed by atoms with Crippen LogP contribution in [0.25, 0.3) is 22.1 Å². The molecule has 28 heavy (non-hydrogen) atoms. The summed E-state index contributed by atoms with van der Waals surface area (Å²) in [5, 5.41) is 0. The van der Waals surface area contributed by atoms with Crippen molar-refractivity contribution in [2.75, 3.05) is 26.3 Å². The topological polar surface area (TPSA) is 73.1 Å². The van der Waals surface area contributed by atoms with Gasteiger partial charge in [-0.05, 0) is 25.0 Å². The van der Waals surface area contributed by atoms with Gasteiger partial charge in [-0.1, -0.05) is 13.3 Å². The monoisotopic (exact) mass is 381 g/mol. The van der Waals surface area contributed by atoms with E-state index < -0.39 is 0 Å². The molecule has 0 aromatic carbocycles. The molecule has 4 rings (SSSR count). The van der Waals surface area contributed by atoms with Crippen molar-refractivity contribution in [3.05, 3.63) is 30.4 Å². The first-order valence-corrected chi connectivity index (χ1v) is 10.2. The molecule has 1 fully saturated rings. The van der Waals surface area contributed by atoms with Gasteiger partial charge in [-0.15, -0.1) is 0 Å². The summed E-state index contributed by atoms with van der Waals surface area (Å²) in [6, 6.07) is 3.90. The number of ether oxygens (including phenoxy) is 1. The summed E-state index contributed by atoms with van der Waals surface area (Å²) >= 11 is 0. The average Bonchev–Trinajstić information content (AvgIpc) is 3.12. The van der Waals surface area contributed by atoms with Crippen LogP contribution in [0.15, 0.2) is 24.5 Å². The van der Waals surface area contributed by atoms with Crippen molar-refractivity contribution in [3.63, 3.8) is 0 Å². The third-order valence-corrected chi connectivity index (χ3v) is 5.36. The van der Waals surface area contributed by atoms with Gasteiger partial charge in [0.1, 0.15) is 16.9 Å². The van der Waals surface area contributed by atoms with E-state index in [1.165, 1.54) is 0 Å². The molecular weight excluding hydrogens is 354 g/mol. The number of aromatic nitrogens is 4. The van der Waals surface area contributed by atoms with Crippen LogP contribution < -0.4 is 0 Å². The highest BCUT2D eigenvalue weighted by molar-refractivity contribution is 5.99. The van der Waals surface area contributed by atoms with Crippen molar-refractivity contribution in [1.29, 1.82) is 0 Å². The number of carbonyl (C=O) groups is 1. The quantitative estimate of drug-likeness (QED) is 0.588. The second-order valence-electron chi connectivity index (χ2n) is 7.20. The molecule has 3 aromatic rings. The summed E-state index contributed by atoms with van der Waals surface area (Å²) in [7, 11) is 0. The number of imidazole rings is 1. The maximum Gasteiger partial charge on any atom is 0.222 e. The first-order valence-electron chi connectivity index (χ1n) is 10.2. The number of hydrogen-bond donors (Lipinski definition) is 0. The number of fused-ring (bicyclic) bond motifs is 3. The predicted molar refractivity (Wildman–Crippen MR) is 108 cm³/mol. The van der Waals surface area contributed by atoms with Crippen LogP contribution in [0.5, 0.6) is 0 Å². The Morgan fingerprint density at radius 2 is 2.00 bits per heavy atom. The lowest BCUT2D eigenvalue weighted by Gasteiger charge is -2.26. The Balaban J connectivity index is 1.40. The van der Waals surface area contributed by atoms with Gasteiger partial charge in [0.25, 0.3) is 0 Å². The minimum atomic E-state index is 0.256. The maximum atomic E-state index is 12.3. The molecule has 1 amide bonds. The molecule has 0 atom stereocenters. The Labute approximate surface area is 164 Å². The number of amides is 1. The van der Waals surface area contributed by atoms with Crippen LogP contribution in [0.1, 0.15) is 38.4 Å². The minimum absolute atomic E-state index is 0.256. The van der Waals surface area contributed by atoms with Gasteiger partial charge in [-0.2, -0.15) is 0 Å². The normalized spacial score (nSPS) is 14.8. The van der Waals surface area contributed by atoms with E-state index >= 15 is 0 Å². The van der Waals surface area contributed by atoms with Crippen molar-refractivity contribution >= 4 is 28.0 Å². The minimum Gasteiger partial charge on any atom is -0.378 e. The molecular formula is C21H27N5O2. The van der Waals surface area contributed by atoms with Gasteiger partial charge < -0.3 is 14.2 Å². The van der Waals surface area contributed by atoms with E-state index in [-0.39, 0.29) is 5.91 Å². The van der Waals surface area contributed by atoms with Crippen molar-refractivity contribution < 1.29 is 9.53 Å². The number of aryl methyl sites for hydroxylation is 2. The summed E-state index contributed by atoms with van der Waals surface area (Å²) in [6.07, 6.45) is 8.11. The van der Waals surface area contributed by atoms with Crippen molar-refractivity contribution in [1.82, 2.24) is 24.4 Å². The zero-order valence-electron chi connectivity index (χ0n) is 16.4. The molecule has 4 heterocycles. The molecule has 1 saturated heterocycles. The molecule has 148 valence electrons. The van der Waals surface area contributed by atoms with E-state index in [1.807, 2.05) is 29.4 Å². The molecule has 3 aromatic heterocycles. The van der Waals surface area contributed by atoms with Crippen LogP contribution in [-0.2, 0) is 22.5 Å². The lowest BCUT2D eigenvalue weighted by molar-refractivity contribution is -0.135. The van der Waals surface area contributed by atoms with E-state index in [0.717, 1.165) is 73.2 Å². The summed E-state index contributed by atoms with van der Waals surface area (Å²) in [5.41, 5.74) is 3.79. The molecule has 0 bridgehead atoms. The Morgan fingerprint density at radius 1 is 1.14 bits per heavy atom. The van der Waals surface area contributed by atoms with Crippen LogP contribution >= 0.6 is 0 Å². The van der Waals surface area contributed by atoms with Gasteiger partial charge in [0.05, 0.1) is 30.4 Å². The third-order valence-electron chi connectivity index (χ3n) is 5.36. The fraction of sp³-hybridized carbons (Fsp3) is 0.524. The van der Waals surface area contributed by atoms with Gasteiger partial charge in [0.15, 0.2) is 0 Å². The smallest absolute Gasteiger partial charge is 0.222 e. The summed E-state index contributed by atoms with van der Waals surface area (Å²) in [4.78, 5) is 28.0. The van der Waals surface area contributed by atoms with Crippen LogP contribution in [0, 0.1) is 0 Å². The molecule has 1 aliphatic heterocycles. The molecule has 0 aliphatic carbocycles. The molecule has 0 radical (unpaired) electrons. The van der Waals surface area contributed by atoms with Crippen LogP contribution in [0.4, 0.5) is 0 Å². The second kappa shape index (κ2) is 8.65. The molecule has 0 spiro atoms. The Morgan fingerprint density at radius 3 is 2.82 bits per heavy atom. The highest BCUT2D eigenvalue weighted by Crippen LogP contribution is 2.24. The van der Waals surface area contributed by atoms with E-state index in [0.29, 0.717) is 19.6 Å². The summed E-state index contributed by atoms with van der Waals surface area (Å²) in [5.74, 6) is 1.33. The van der Waals surface area contributed by atoms with E-state index in [9.17, 15) is 4.79 Å². The first kappa shape index (κ1) is 18.8. The highest BCUT2D eigenvalue weighted by atomic mass is 16.5. The number of hydrogen-bond acceptors (Lipinski definition) is 5. The number of carbonyl (C=O) groups excluding carboxylic acids is 1. The predicted octanol–water partition coefficient (Wildman–Crippen LogP) is 2.96. The zero-order chi connectivity index (χ0) is 19.3. The fourth-order valence-corrected chi connectivity index (χ4v) is 3.88. The number of rotatable bonds is 7. The van der Waals surface area contributed by atoms with E-state index in [2.05, 4.69) is 21.5 Å². The van der Waals surface area contributed by atoms with Crippen molar-refractivity contribution in [2.45, 2.75) is 45.6 Å². The number of pyridine rings is 2. The lowest BCUT2D eigenvalue weighted by Crippen LogP contribution is -2.40. The standard InChI is InChI=1S/C21H27N5O2/c1-2-18-24-17-15-23-16-7-6-9-22-20(16)21(17)26(18)10-5-3-4-8-19(27)25-11-13-28-14-12-25/h6-7,9,15H,2-5,8,10-14H2,1H3. The van der Waals surface area contributed by atoms with Gasteiger partial charge in [-0.25, -0.2) is 4.98 Å². The SMILES string of the molecule is CCc1nc2cnc3cccnc3c2n1CCCCCC(=O)N1CCOCC1. The number of nitrogens with zero attached hydrogens (tertiary/aromatic N) is 5. The van der Waals surface area contributed by atoms with Gasteiger partial charge in [-0.3, -0.25) is 14.8 Å². The van der Waals surface area contributed by atoms with Crippen LogP contribution in [-0.4, -0.2) is 56.6 Å². The van der Waals surface area contributed by atoms with E-state index in [1.54, 1.807) is 0 Å². The number of morpholine rings is 1. The van der Waals surface area contributed by atoms with Crippen molar-refractivity contribution in [3.8, 4) is 0 Å². The average molecular weight is 381 g/mol. The maximum absolute atomic E-state index is 12.3. The first-order chi connectivity index (χ1) is 13.8. The van der Waals surface area contributed by atoms with Crippen LogP contribution in [0.3, 0.4) is 0 Å². The van der Waals surface area contributed by atoms with Gasteiger partial charge >= 0.3 is 0 Å². The Bertz CT molecular complexity index is 962. The summed E-state index contributed by atoms with van der Waals surface area (Å²) in [6.45, 7) is 5.80. The Hall–Kier alpha value is -2.54.